The minimum absolute atomic E-state index is 0.0509. The van der Waals surface area contributed by atoms with Crippen LogP contribution in [0.3, 0.4) is 0 Å². The lowest BCUT2D eigenvalue weighted by Gasteiger charge is -2.48. The predicted octanol–water partition coefficient (Wildman–Crippen LogP) is 1.77. The summed E-state index contributed by atoms with van der Waals surface area (Å²) in [6.07, 6.45) is -5.03. The number of amides is 1. The van der Waals surface area contributed by atoms with E-state index in [0.717, 1.165) is 0 Å². The van der Waals surface area contributed by atoms with Crippen molar-refractivity contribution in [3.05, 3.63) is 23.3 Å². The Bertz CT molecular complexity index is 700. The third kappa shape index (κ3) is 2.91. The zero-order valence-corrected chi connectivity index (χ0v) is 13.4. The summed E-state index contributed by atoms with van der Waals surface area (Å²) < 4.78 is 49.6. The molecule has 9 heteroatoms. The fourth-order valence-electron chi connectivity index (χ4n) is 3.56. The SMILES string of the molecule is CC1(C2(NC(=O)C(F)(F)F)CCc3c(O)ccc(O)c3C2)OCCO1. The van der Waals surface area contributed by atoms with E-state index in [1.807, 2.05) is 5.32 Å². The first-order valence-electron chi connectivity index (χ1n) is 7.78. The molecule has 1 unspecified atom stereocenters. The molecule has 1 aliphatic heterocycles. The van der Waals surface area contributed by atoms with E-state index in [1.165, 1.54) is 19.1 Å². The number of halogens is 3. The Balaban J connectivity index is 2.04. The zero-order chi connectivity index (χ0) is 18.5. The Kier molecular flexibility index (Phi) is 4.11. The van der Waals surface area contributed by atoms with Gasteiger partial charge in [0.1, 0.15) is 11.5 Å². The maximum absolute atomic E-state index is 12.8. The zero-order valence-electron chi connectivity index (χ0n) is 13.4. The quantitative estimate of drug-likeness (QED) is 0.699. The highest BCUT2D eigenvalue weighted by atomic mass is 19.4. The summed E-state index contributed by atoms with van der Waals surface area (Å²) in [6.45, 7) is 1.83. The lowest BCUT2D eigenvalue weighted by molar-refractivity contribution is -0.214. The maximum Gasteiger partial charge on any atom is 0.471 e. The highest BCUT2D eigenvalue weighted by molar-refractivity contribution is 5.82. The van der Waals surface area contributed by atoms with Gasteiger partial charge in [-0.1, -0.05) is 0 Å². The number of fused-ring (bicyclic) bond motifs is 1. The largest absolute Gasteiger partial charge is 0.508 e. The molecule has 1 aromatic carbocycles. The van der Waals surface area contributed by atoms with Crippen LogP contribution in [0.2, 0.25) is 0 Å². The molecular weight excluding hydrogens is 343 g/mol. The molecule has 0 saturated carbocycles. The van der Waals surface area contributed by atoms with Crippen molar-refractivity contribution in [2.75, 3.05) is 13.2 Å². The number of carbonyl (C=O) groups excluding carboxylic acids is 1. The lowest BCUT2D eigenvalue weighted by atomic mass is 9.72. The molecule has 0 aromatic heterocycles. The number of hydrogen-bond acceptors (Lipinski definition) is 5. The molecule has 1 saturated heterocycles. The Morgan fingerprint density at radius 1 is 1.16 bits per heavy atom. The van der Waals surface area contributed by atoms with Gasteiger partial charge in [0.15, 0.2) is 5.79 Å². The van der Waals surface area contributed by atoms with Gasteiger partial charge < -0.3 is 25.0 Å². The number of carbonyl (C=O) groups is 1. The first-order chi connectivity index (χ1) is 11.6. The van der Waals surface area contributed by atoms with Crippen LogP contribution in [0.25, 0.3) is 0 Å². The van der Waals surface area contributed by atoms with Crippen molar-refractivity contribution < 1.29 is 37.7 Å². The number of hydrogen-bond donors (Lipinski definition) is 3. The van der Waals surface area contributed by atoms with Crippen LogP contribution < -0.4 is 5.32 Å². The first-order valence-corrected chi connectivity index (χ1v) is 7.78. The van der Waals surface area contributed by atoms with E-state index in [-0.39, 0.29) is 49.5 Å². The summed E-state index contributed by atoms with van der Waals surface area (Å²) in [6, 6.07) is 2.58. The average Bonchev–Trinajstić information content (AvgIpc) is 2.98. The fraction of sp³-hybridized carbons (Fsp3) is 0.562. The van der Waals surface area contributed by atoms with Gasteiger partial charge in [-0.15, -0.1) is 0 Å². The van der Waals surface area contributed by atoms with Gasteiger partial charge in [0.25, 0.3) is 0 Å². The van der Waals surface area contributed by atoms with Crippen molar-refractivity contribution in [1.82, 2.24) is 5.32 Å². The molecule has 1 aromatic rings. The number of rotatable bonds is 2. The van der Waals surface area contributed by atoms with Crippen LogP contribution in [0.4, 0.5) is 13.2 Å². The van der Waals surface area contributed by atoms with Gasteiger partial charge in [-0.25, -0.2) is 0 Å². The van der Waals surface area contributed by atoms with E-state index in [2.05, 4.69) is 0 Å². The number of aromatic hydroxyl groups is 2. The Morgan fingerprint density at radius 3 is 2.28 bits per heavy atom. The minimum atomic E-state index is -5.07. The first kappa shape index (κ1) is 17.8. The van der Waals surface area contributed by atoms with Crippen LogP contribution in [0.15, 0.2) is 12.1 Å². The molecule has 138 valence electrons. The van der Waals surface area contributed by atoms with E-state index >= 15 is 0 Å². The highest BCUT2D eigenvalue weighted by Crippen LogP contribution is 2.45. The molecule has 2 aliphatic rings. The van der Waals surface area contributed by atoms with E-state index in [0.29, 0.717) is 5.56 Å². The molecule has 0 bridgehead atoms. The normalized spacial score (nSPS) is 25.4. The maximum atomic E-state index is 12.8. The van der Waals surface area contributed by atoms with Gasteiger partial charge >= 0.3 is 12.1 Å². The second-order valence-corrected chi connectivity index (χ2v) is 6.41. The van der Waals surface area contributed by atoms with E-state index < -0.39 is 23.4 Å². The highest BCUT2D eigenvalue weighted by Gasteiger charge is 2.57. The van der Waals surface area contributed by atoms with Gasteiger partial charge in [0.05, 0.1) is 18.8 Å². The summed E-state index contributed by atoms with van der Waals surface area (Å²) in [4.78, 5) is 11.6. The van der Waals surface area contributed by atoms with Crippen molar-refractivity contribution in [3.8, 4) is 11.5 Å². The number of nitrogens with one attached hydrogen (secondary N) is 1. The third-order valence-electron chi connectivity index (χ3n) is 4.98. The number of phenolic OH excluding ortho intramolecular Hbond substituents is 2. The third-order valence-corrected chi connectivity index (χ3v) is 4.98. The van der Waals surface area contributed by atoms with Crippen LogP contribution in [-0.4, -0.2) is 46.8 Å². The summed E-state index contributed by atoms with van der Waals surface area (Å²) in [5, 5.41) is 22.1. The molecule has 1 aliphatic carbocycles. The van der Waals surface area contributed by atoms with Gasteiger partial charge in [0.2, 0.25) is 0 Å². The van der Waals surface area contributed by atoms with Crippen molar-refractivity contribution in [2.45, 2.75) is 43.7 Å². The number of benzene rings is 1. The number of phenols is 2. The van der Waals surface area contributed by atoms with Gasteiger partial charge in [-0.2, -0.15) is 13.2 Å². The topological polar surface area (TPSA) is 88.0 Å². The van der Waals surface area contributed by atoms with Gasteiger partial charge in [0, 0.05) is 17.5 Å². The van der Waals surface area contributed by atoms with Crippen LogP contribution in [-0.2, 0) is 27.1 Å². The fourth-order valence-corrected chi connectivity index (χ4v) is 3.56. The molecule has 1 fully saturated rings. The summed E-state index contributed by atoms with van der Waals surface area (Å²) in [7, 11) is 0. The standard InChI is InChI=1S/C16H18F3NO5/c1-14(24-6-7-25-14)15(20-13(23)16(17,18)19)5-4-9-10(8-15)12(22)3-2-11(9)21/h2-3,21-22H,4-8H2,1H3,(H,20,23). The van der Waals surface area contributed by atoms with Gasteiger partial charge in [-0.3, -0.25) is 4.79 Å². The molecule has 1 amide bonds. The van der Waals surface area contributed by atoms with Crippen molar-refractivity contribution in [3.63, 3.8) is 0 Å². The smallest absolute Gasteiger partial charge is 0.471 e. The monoisotopic (exact) mass is 361 g/mol. The average molecular weight is 361 g/mol. The predicted molar refractivity (Wildman–Crippen MR) is 79.0 cm³/mol. The lowest BCUT2D eigenvalue weighted by Crippen LogP contribution is -2.67. The van der Waals surface area contributed by atoms with Crippen molar-refractivity contribution in [1.29, 1.82) is 0 Å². The van der Waals surface area contributed by atoms with E-state index in [4.69, 9.17) is 9.47 Å². The molecular formula is C16H18F3NO5. The summed E-state index contributed by atoms with van der Waals surface area (Å²) in [5.41, 5.74) is -0.818. The van der Waals surface area contributed by atoms with Crippen molar-refractivity contribution in [2.24, 2.45) is 0 Å². The second kappa shape index (κ2) is 5.77. The Hall–Kier alpha value is -2.00. The van der Waals surface area contributed by atoms with E-state index in [1.54, 1.807) is 0 Å². The molecule has 0 radical (unpaired) electrons. The van der Waals surface area contributed by atoms with Crippen molar-refractivity contribution >= 4 is 5.91 Å². The van der Waals surface area contributed by atoms with Crippen LogP contribution in [0.1, 0.15) is 24.5 Å². The molecule has 1 heterocycles. The van der Waals surface area contributed by atoms with E-state index in [9.17, 15) is 28.2 Å². The van der Waals surface area contributed by atoms with Crippen LogP contribution >= 0.6 is 0 Å². The molecule has 6 nitrogen and oxygen atoms in total. The van der Waals surface area contributed by atoms with Gasteiger partial charge in [-0.05, 0) is 31.9 Å². The van der Waals surface area contributed by atoms with Crippen LogP contribution in [0, 0.1) is 0 Å². The summed E-state index contributed by atoms with van der Waals surface area (Å²) in [5.74, 6) is -3.80. The number of ether oxygens (including phenoxy) is 2. The molecule has 25 heavy (non-hydrogen) atoms. The Morgan fingerprint density at radius 2 is 1.72 bits per heavy atom. The minimum Gasteiger partial charge on any atom is -0.508 e. The molecule has 0 spiro atoms. The summed E-state index contributed by atoms with van der Waals surface area (Å²) >= 11 is 0. The molecule has 1 atom stereocenters. The molecule has 3 rings (SSSR count). The Labute approximate surface area is 141 Å². The van der Waals surface area contributed by atoms with Crippen LogP contribution in [0.5, 0.6) is 11.5 Å². The second-order valence-electron chi connectivity index (χ2n) is 6.41. The number of alkyl halides is 3. The molecule has 3 N–H and O–H groups in total.